The van der Waals surface area contributed by atoms with Crippen molar-refractivity contribution in [2.75, 3.05) is 13.7 Å². The highest BCUT2D eigenvalue weighted by Gasteiger charge is 2.24. The fourth-order valence-electron chi connectivity index (χ4n) is 3.35. The summed E-state index contributed by atoms with van der Waals surface area (Å²) >= 11 is 1.25. The van der Waals surface area contributed by atoms with E-state index in [1.165, 1.54) is 17.8 Å². The van der Waals surface area contributed by atoms with Crippen molar-refractivity contribution in [3.8, 4) is 0 Å². The van der Waals surface area contributed by atoms with Crippen molar-refractivity contribution < 1.29 is 14.3 Å². The number of hydrogen-bond acceptors (Lipinski definition) is 6. The Morgan fingerprint density at radius 3 is 2.68 bits per heavy atom. The van der Waals surface area contributed by atoms with Crippen molar-refractivity contribution in [1.82, 2.24) is 9.55 Å². The standard InChI is InChI=1S/C18H24N2O4S/c1-11-14-16(19-12(2)20(17(14)21)9-10-23-3)25-15(11)18(22)24-13-7-5-4-6-8-13/h13H,4-10H2,1-3H3. The van der Waals surface area contributed by atoms with Crippen LogP contribution in [-0.2, 0) is 16.0 Å². The molecule has 6 nitrogen and oxygen atoms in total. The van der Waals surface area contributed by atoms with Gasteiger partial charge in [-0.1, -0.05) is 6.42 Å². The van der Waals surface area contributed by atoms with Gasteiger partial charge < -0.3 is 9.47 Å². The highest BCUT2D eigenvalue weighted by molar-refractivity contribution is 7.20. The van der Waals surface area contributed by atoms with E-state index in [1.54, 1.807) is 25.5 Å². The monoisotopic (exact) mass is 364 g/mol. The number of aromatic nitrogens is 2. The number of carbonyl (C=O) groups excluding carboxylic acids is 1. The average Bonchev–Trinajstić information content (AvgIpc) is 2.92. The molecule has 136 valence electrons. The molecule has 0 aromatic carbocycles. The molecule has 7 heteroatoms. The molecule has 1 saturated carbocycles. The van der Waals surface area contributed by atoms with Crippen LogP contribution < -0.4 is 5.56 Å². The molecular formula is C18H24N2O4S. The summed E-state index contributed by atoms with van der Waals surface area (Å²) in [4.78, 5) is 31.0. The maximum Gasteiger partial charge on any atom is 0.348 e. The molecule has 1 aliphatic carbocycles. The molecule has 0 bridgehead atoms. The summed E-state index contributed by atoms with van der Waals surface area (Å²) in [5.74, 6) is 0.302. The molecule has 0 saturated heterocycles. The van der Waals surface area contributed by atoms with Gasteiger partial charge in [0.25, 0.3) is 5.56 Å². The highest BCUT2D eigenvalue weighted by atomic mass is 32.1. The number of thiophene rings is 1. The minimum atomic E-state index is -0.326. The van der Waals surface area contributed by atoms with Crippen LogP contribution in [0, 0.1) is 13.8 Å². The van der Waals surface area contributed by atoms with Gasteiger partial charge in [-0.25, -0.2) is 9.78 Å². The van der Waals surface area contributed by atoms with E-state index >= 15 is 0 Å². The van der Waals surface area contributed by atoms with Crippen LogP contribution in [-0.4, -0.2) is 35.3 Å². The second-order valence-corrected chi connectivity index (χ2v) is 7.51. The van der Waals surface area contributed by atoms with Crippen LogP contribution in [0.2, 0.25) is 0 Å². The molecule has 25 heavy (non-hydrogen) atoms. The summed E-state index contributed by atoms with van der Waals surface area (Å²) in [6, 6.07) is 0. The molecule has 0 radical (unpaired) electrons. The predicted molar refractivity (Wildman–Crippen MR) is 97.5 cm³/mol. The van der Waals surface area contributed by atoms with Crippen molar-refractivity contribution in [3.05, 3.63) is 26.6 Å². The molecule has 1 aliphatic rings. The Kier molecular flexibility index (Phi) is 5.54. The molecule has 0 N–H and O–H groups in total. The first-order valence-electron chi connectivity index (χ1n) is 8.73. The molecule has 0 atom stereocenters. The number of fused-ring (bicyclic) bond motifs is 1. The molecule has 2 aromatic rings. The summed E-state index contributed by atoms with van der Waals surface area (Å²) in [7, 11) is 1.60. The largest absolute Gasteiger partial charge is 0.458 e. The lowest BCUT2D eigenvalue weighted by Gasteiger charge is -2.21. The topological polar surface area (TPSA) is 70.4 Å². The number of rotatable bonds is 5. The third-order valence-electron chi connectivity index (χ3n) is 4.77. The highest BCUT2D eigenvalue weighted by Crippen LogP contribution is 2.29. The Labute approximate surface area is 150 Å². The Bertz CT molecular complexity index is 834. The van der Waals surface area contributed by atoms with Crippen molar-refractivity contribution in [1.29, 1.82) is 0 Å². The van der Waals surface area contributed by atoms with Gasteiger partial charge in [0, 0.05) is 7.11 Å². The normalized spacial score (nSPS) is 15.6. The summed E-state index contributed by atoms with van der Waals surface area (Å²) in [5.41, 5.74) is 0.550. The summed E-state index contributed by atoms with van der Waals surface area (Å²) in [6.07, 6.45) is 5.27. The second-order valence-electron chi connectivity index (χ2n) is 6.51. The molecule has 0 amide bonds. The van der Waals surface area contributed by atoms with Gasteiger partial charge in [-0.15, -0.1) is 11.3 Å². The lowest BCUT2D eigenvalue weighted by molar-refractivity contribution is 0.0216. The Balaban J connectivity index is 1.94. The SMILES string of the molecule is COCCn1c(C)nc2sc(C(=O)OC3CCCCC3)c(C)c2c1=O. The van der Waals surface area contributed by atoms with Gasteiger partial charge in [0.05, 0.1) is 18.5 Å². The van der Waals surface area contributed by atoms with Crippen LogP contribution in [0.3, 0.4) is 0 Å². The molecule has 2 aromatic heterocycles. The Morgan fingerprint density at radius 1 is 1.28 bits per heavy atom. The van der Waals surface area contributed by atoms with Crippen LogP contribution in [0.4, 0.5) is 0 Å². The number of methoxy groups -OCH3 is 1. The molecule has 2 heterocycles. The minimum Gasteiger partial charge on any atom is -0.458 e. The van der Waals surface area contributed by atoms with Gasteiger partial charge in [-0.3, -0.25) is 9.36 Å². The maximum atomic E-state index is 12.8. The van der Waals surface area contributed by atoms with E-state index in [0.29, 0.717) is 39.6 Å². The molecule has 0 unspecified atom stereocenters. The zero-order valence-corrected chi connectivity index (χ0v) is 15.8. The van der Waals surface area contributed by atoms with Crippen LogP contribution in [0.15, 0.2) is 4.79 Å². The second kappa shape index (κ2) is 7.66. The third-order valence-corrected chi connectivity index (χ3v) is 5.94. The number of nitrogens with zero attached hydrogens (tertiary/aromatic N) is 2. The zero-order chi connectivity index (χ0) is 18.0. The zero-order valence-electron chi connectivity index (χ0n) is 15.0. The van der Waals surface area contributed by atoms with E-state index < -0.39 is 0 Å². The van der Waals surface area contributed by atoms with Crippen molar-refractivity contribution >= 4 is 27.5 Å². The Hall–Kier alpha value is -1.73. The van der Waals surface area contributed by atoms with Gasteiger partial charge in [0.1, 0.15) is 21.6 Å². The van der Waals surface area contributed by atoms with Crippen molar-refractivity contribution in [3.63, 3.8) is 0 Å². The van der Waals surface area contributed by atoms with E-state index in [9.17, 15) is 9.59 Å². The molecule has 0 spiro atoms. The predicted octanol–water partition coefficient (Wildman–Crippen LogP) is 3.21. The third kappa shape index (κ3) is 3.62. The van der Waals surface area contributed by atoms with E-state index in [2.05, 4.69) is 4.98 Å². The number of ether oxygens (including phenoxy) is 2. The molecular weight excluding hydrogens is 340 g/mol. The summed E-state index contributed by atoms with van der Waals surface area (Å²) in [6.45, 7) is 4.48. The number of hydrogen-bond donors (Lipinski definition) is 0. The van der Waals surface area contributed by atoms with E-state index in [1.807, 2.05) is 0 Å². The number of carbonyl (C=O) groups is 1. The van der Waals surface area contributed by atoms with Gasteiger partial charge >= 0.3 is 5.97 Å². The summed E-state index contributed by atoms with van der Waals surface area (Å²) in [5, 5.41) is 0.516. The van der Waals surface area contributed by atoms with E-state index in [0.717, 1.165) is 25.7 Å². The summed E-state index contributed by atoms with van der Waals surface area (Å²) < 4.78 is 12.3. The van der Waals surface area contributed by atoms with Gasteiger partial charge in [0.2, 0.25) is 0 Å². The van der Waals surface area contributed by atoms with Crippen LogP contribution >= 0.6 is 11.3 Å². The lowest BCUT2D eigenvalue weighted by Crippen LogP contribution is -2.25. The minimum absolute atomic E-state index is 0.00100. The van der Waals surface area contributed by atoms with Crippen LogP contribution in [0.5, 0.6) is 0 Å². The smallest absolute Gasteiger partial charge is 0.348 e. The fraction of sp³-hybridized carbons (Fsp3) is 0.611. The number of aryl methyl sites for hydroxylation is 2. The quantitative estimate of drug-likeness (QED) is 0.762. The molecule has 0 aliphatic heterocycles. The van der Waals surface area contributed by atoms with Gasteiger partial charge in [0.15, 0.2) is 0 Å². The molecule has 3 rings (SSSR count). The van der Waals surface area contributed by atoms with E-state index in [-0.39, 0.29) is 17.6 Å². The first kappa shape index (κ1) is 18.1. The van der Waals surface area contributed by atoms with Crippen LogP contribution in [0.1, 0.15) is 53.2 Å². The first-order valence-corrected chi connectivity index (χ1v) is 9.55. The van der Waals surface area contributed by atoms with Crippen molar-refractivity contribution in [2.24, 2.45) is 0 Å². The first-order chi connectivity index (χ1) is 12.0. The van der Waals surface area contributed by atoms with Crippen LogP contribution in [0.25, 0.3) is 10.2 Å². The van der Waals surface area contributed by atoms with E-state index in [4.69, 9.17) is 9.47 Å². The van der Waals surface area contributed by atoms with Gasteiger partial charge in [-0.2, -0.15) is 0 Å². The fourth-order valence-corrected chi connectivity index (χ4v) is 4.45. The van der Waals surface area contributed by atoms with Gasteiger partial charge in [-0.05, 0) is 45.1 Å². The Morgan fingerprint density at radius 2 is 2.00 bits per heavy atom. The maximum absolute atomic E-state index is 12.8. The van der Waals surface area contributed by atoms with Crippen molar-refractivity contribution in [2.45, 2.75) is 58.6 Å². The molecule has 1 fully saturated rings. The number of esters is 1. The average molecular weight is 364 g/mol. The lowest BCUT2D eigenvalue weighted by atomic mass is 9.98.